The van der Waals surface area contributed by atoms with Crippen molar-refractivity contribution in [1.82, 2.24) is 10.6 Å². The molecule has 1 aromatic carbocycles. The van der Waals surface area contributed by atoms with Crippen molar-refractivity contribution in [3.05, 3.63) is 29.8 Å². The number of ether oxygens (including phenoxy) is 2. The number of carbonyl (C=O) groups excluding carboxylic acids is 2. The molecule has 130 valence electrons. The molecule has 6 nitrogen and oxygen atoms in total. The number of hydrogen-bond acceptors (Lipinski definition) is 4. The van der Waals surface area contributed by atoms with Crippen LogP contribution in [-0.2, 0) is 19.7 Å². The van der Waals surface area contributed by atoms with Crippen LogP contribution in [0, 0.1) is 0 Å². The quantitative estimate of drug-likeness (QED) is 0.793. The highest BCUT2D eigenvalue weighted by atomic mass is 16.5. The van der Waals surface area contributed by atoms with Crippen LogP contribution in [0.1, 0.15) is 31.2 Å². The summed E-state index contributed by atoms with van der Waals surface area (Å²) >= 11 is 0. The van der Waals surface area contributed by atoms with Crippen LogP contribution < -0.4 is 15.4 Å². The summed E-state index contributed by atoms with van der Waals surface area (Å²) in [4.78, 5) is 23.9. The molecule has 0 spiro atoms. The standard InChI is InChI=1S/C18H24N2O4/c1-23-15-6-2-13(3-7-15)18(8-10-24-11-9-18)12-19-16(21)17(22)20-14-4-5-14/h2-3,6-7,14H,4-5,8-12H2,1H3,(H,19,21)(H,20,22). The third kappa shape index (κ3) is 3.87. The Morgan fingerprint density at radius 1 is 1.17 bits per heavy atom. The first-order chi connectivity index (χ1) is 11.6. The fourth-order valence-electron chi connectivity index (χ4n) is 3.08. The second-order valence-corrected chi connectivity index (χ2v) is 6.55. The molecule has 0 radical (unpaired) electrons. The zero-order chi connectivity index (χ0) is 17.0. The second-order valence-electron chi connectivity index (χ2n) is 6.55. The Balaban J connectivity index is 1.68. The van der Waals surface area contributed by atoms with Gasteiger partial charge in [0.2, 0.25) is 0 Å². The van der Waals surface area contributed by atoms with E-state index in [0.717, 1.165) is 37.0 Å². The van der Waals surface area contributed by atoms with E-state index in [2.05, 4.69) is 10.6 Å². The van der Waals surface area contributed by atoms with Gasteiger partial charge in [-0.25, -0.2) is 0 Å². The van der Waals surface area contributed by atoms with Gasteiger partial charge in [-0.15, -0.1) is 0 Å². The second kappa shape index (κ2) is 7.21. The van der Waals surface area contributed by atoms with Crippen molar-refractivity contribution >= 4 is 11.8 Å². The number of benzene rings is 1. The minimum Gasteiger partial charge on any atom is -0.497 e. The summed E-state index contributed by atoms with van der Waals surface area (Å²) in [6.07, 6.45) is 3.55. The Morgan fingerprint density at radius 2 is 1.83 bits per heavy atom. The molecule has 0 bridgehead atoms. The molecule has 0 atom stereocenters. The Bertz CT molecular complexity index is 590. The predicted octanol–water partition coefficient (Wildman–Crippen LogP) is 1.14. The van der Waals surface area contributed by atoms with Gasteiger partial charge in [0, 0.05) is 31.2 Å². The summed E-state index contributed by atoms with van der Waals surface area (Å²) in [5.74, 6) is -0.287. The highest BCUT2D eigenvalue weighted by Gasteiger charge is 2.36. The van der Waals surface area contributed by atoms with Gasteiger partial charge in [-0.2, -0.15) is 0 Å². The number of carbonyl (C=O) groups is 2. The summed E-state index contributed by atoms with van der Waals surface area (Å²) < 4.78 is 10.7. The molecular formula is C18H24N2O4. The lowest BCUT2D eigenvalue weighted by atomic mass is 9.74. The molecule has 0 aromatic heterocycles. The van der Waals surface area contributed by atoms with E-state index in [4.69, 9.17) is 9.47 Å². The molecule has 2 fully saturated rings. The molecule has 1 saturated heterocycles. The lowest BCUT2D eigenvalue weighted by Gasteiger charge is -2.38. The number of amides is 2. The maximum absolute atomic E-state index is 12.0. The normalized spacial score (nSPS) is 19.4. The van der Waals surface area contributed by atoms with Crippen LogP contribution in [0.15, 0.2) is 24.3 Å². The average Bonchev–Trinajstić information content (AvgIpc) is 3.44. The molecule has 3 rings (SSSR count). The van der Waals surface area contributed by atoms with Crippen LogP contribution in [0.25, 0.3) is 0 Å². The van der Waals surface area contributed by atoms with Crippen LogP contribution in [0.3, 0.4) is 0 Å². The van der Waals surface area contributed by atoms with E-state index in [1.165, 1.54) is 0 Å². The summed E-state index contributed by atoms with van der Waals surface area (Å²) in [5, 5.41) is 5.53. The molecule has 24 heavy (non-hydrogen) atoms. The van der Waals surface area contributed by atoms with Crippen molar-refractivity contribution in [2.24, 2.45) is 0 Å². The van der Waals surface area contributed by atoms with E-state index in [-0.39, 0.29) is 11.5 Å². The van der Waals surface area contributed by atoms with Crippen molar-refractivity contribution in [2.75, 3.05) is 26.9 Å². The van der Waals surface area contributed by atoms with Gasteiger partial charge in [-0.3, -0.25) is 9.59 Å². The predicted molar refractivity (Wildman–Crippen MR) is 88.9 cm³/mol. The fourth-order valence-corrected chi connectivity index (χ4v) is 3.08. The van der Waals surface area contributed by atoms with Gasteiger partial charge >= 0.3 is 11.8 Å². The molecule has 0 unspecified atom stereocenters. The average molecular weight is 332 g/mol. The summed E-state index contributed by atoms with van der Waals surface area (Å²) in [5.41, 5.74) is 0.926. The number of hydrogen-bond donors (Lipinski definition) is 2. The van der Waals surface area contributed by atoms with E-state index >= 15 is 0 Å². The summed E-state index contributed by atoms with van der Waals surface area (Å²) in [7, 11) is 1.64. The molecular weight excluding hydrogens is 308 g/mol. The largest absolute Gasteiger partial charge is 0.497 e. The van der Waals surface area contributed by atoms with Crippen molar-refractivity contribution < 1.29 is 19.1 Å². The Labute approximate surface area is 141 Å². The monoisotopic (exact) mass is 332 g/mol. The lowest BCUT2D eigenvalue weighted by Crippen LogP contribution is -2.48. The van der Waals surface area contributed by atoms with E-state index in [1.54, 1.807) is 7.11 Å². The van der Waals surface area contributed by atoms with Crippen LogP contribution in [0.2, 0.25) is 0 Å². The highest BCUT2D eigenvalue weighted by Crippen LogP contribution is 2.35. The maximum atomic E-state index is 12.0. The molecule has 1 aliphatic heterocycles. The smallest absolute Gasteiger partial charge is 0.309 e. The van der Waals surface area contributed by atoms with Gasteiger partial charge in [0.25, 0.3) is 0 Å². The zero-order valence-corrected chi connectivity index (χ0v) is 14.0. The molecule has 1 heterocycles. The Hall–Kier alpha value is -2.08. The number of nitrogens with one attached hydrogen (secondary N) is 2. The molecule has 6 heteroatoms. The maximum Gasteiger partial charge on any atom is 0.309 e. The van der Waals surface area contributed by atoms with Gasteiger partial charge in [-0.1, -0.05) is 12.1 Å². The minimum absolute atomic E-state index is 0.182. The molecule has 2 N–H and O–H groups in total. The van der Waals surface area contributed by atoms with Gasteiger partial charge in [0.15, 0.2) is 0 Å². The summed E-state index contributed by atoms with van der Waals surface area (Å²) in [6.45, 7) is 1.73. The molecule has 1 saturated carbocycles. The van der Waals surface area contributed by atoms with Crippen LogP contribution >= 0.6 is 0 Å². The van der Waals surface area contributed by atoms with Crippen LogP contribution in [0.5, 0.6) is 5.75 Å². The Morgan fingerprint density at radius 3 is 2.42 bits per heavy atom. The van der Waals surface area contributed by atoms with Crippen LogP contribution in [-0.4, -0.2) is 44.7 Å². The molecule has 1 aromatic rings. The first-order valence-corrected chi connectivity index (χ1v) is 8.44. The third-order valence-corrected chi connectivity index (χ3v) is 4.86. The van der Waals surface area contributed by atoms with Gasteiger partial charge in [-0.05, 0) is 43.4 Å². The first kappa shape index (κ1) is 16.8. The van der Waals surface area contributed by atoms with Gasteiger partial charge in [0.05, 0.1) is 7.11 Å². The third-order valence-electron chi connectivity index (χ3n) is 4.86. The molecule has 2 aliphatic rings. The fraction of sp³-hybridized carbons (Fsp3) is 0.556. The van der Waals surface area contributed by atoms with Gasteiger partial charge in [0.1, 0.15) is 5.75 Å². The highest BCUT2D eigenvalue weighted by molar-refractivity contribution is 6.35. The van der Waals surface area contributed by atoms with Crippen molar-refractivity contribution in [3.63, 3.8) is 0 Å². The topological polar surface area (TPSA) is 76.7 Å². The summed E-state index contributed by atoms with van der Waals surface area (Å²) in [6, 6.07) is 8.09. The van der Waals surface area contributed by atoms with E-state index in [0.29, 0.717) is 19.8 Å². The lowest BCUT2D eigenvalue weighted by molar-refractivity contribution is -0.139. The number of methoxy groups -OCH3 is 1. The van der Waals surface area contributed by atoms with Crippen LogP contribution in [0.4, 0.5) is 0 Å². The van der Waals surface area contributed by atoms with Crippen molar-refractivity contribution in [3.8, 4) is 5.75 Å². The van der Waals surface area contributed by atoms with E-state index in [9.17, 15) is 9.59 Å². The van der Waals surface area contributed by atoms with Crippen molar-refractivity contribution in [1.29, 1.82) is 0 Å². The number of rotatable bonds is 5. The molecule has 2 amide bonds. The SMILES string of the molecule is COc1ccc(C2(CNC(=O)C(=O)NC3CC3)CCOCC2)cc1. The van der Waals surface area contributed by atoms with Gasteiger partial charge < -0.3 is 20.1 Å². The zero-order valence-electron chi connectivity index (χ0n) is 14.0. The minimum atomic E-state index is -0.554. The van der Waals surface area contributed by atoms with Crippen molar-refractivity contribution in [2.45, 2.75) is 37.1 Å². The first-order valence-electron chi connectivity index (χ1n) is 8.44. The Kier molecular flexibility index (Phi) is 5.04. The van der Waals surface area contributed by atoms with E-state index < -0.39 is 11.8 Å². The molecule has 1 aliphatic carbocycles. The van der Waals surface area contributed by atoms with E-state index in [1.807, 2.05) is 24.3 Å².